The Labute approximate surface area is 101 Å². The molecule has 0 bridgehead atoms. The van der Waals surface area contributed by atoms with Crippen molar-refractivity contribution in [1.29, 1.82) is 0 Å². The lowest BCUT2D eigenvalue weighted by molar-refractivity contribution is 0.0924. The number of nitrogen functional groups attached to an aromatic ring is 1. The molecule has 0 radical (unpaired) electrons. The number of hydrogen-bond donors (Lipinski definition) is 2. The Kier molecular flexibility index (Phi) is 4.93. The fourth-order valence-corrected chi connectivity index (χ4v) is 1.27. The number of furan rings is 1. The Morgan fingerprint density at radius 2 is 2.35 bits per heavy atom. The van der Waals surface area contributed by atoms with Crippen LogP contribution in [0.4, 0.5) is 0 Å². The second-order valence-corrected chi connectivity index (χ2v) is 3.93. The van der Waals surface area contributed by atoms with Gasteiger partial charge in [0.15, 0.2) is 5.76 Å². The van der Waals surface area contributed by atoms with Crippen molar-refractivity contribution in [3.8, 4) is 0 Å². The van der Waals surface area contributed by atoms with Crippen LogP contribution in [0.5, 0.6) is 0 Å². The molecular formula is C12H18N2O3. The van der Waals surface area contributed by atoms with Gasteiger partial charge in [-0.2, -0.15) is 0 Å². The summed E-state index contributed by atoms with van der Waals surface area (Å²) in [6.07, 6.45) is 0.826. The van der Waals surface area contributed by atoms with E-state index >= 15 is 0 Å². The fraction of sp³-hybridized carbons (Fsp3) is 0.417. The molecular weight excluding hydrogens is 220 g/mol. The number of ether oxygens (including phenoxy) is 1. The van der Waals surface area contributed by atoms with E-state index in [-0.39, 0.29) is 5.76 Å². The Bertz CT molecular complexity index is 410. The lowest BCUT2D eigenvalue weighted by atomic mass is 10.2. The third kappa shape index (κ3) is 4.05. The first-order valence-electron chi connectivity index (χ1n) is 5.37. The van der Waals surface area contributed by atoms with E-state index in [4.69, 9.17) is 15.0 Å². The second-order valence-electron chi connectivity index (χ2n) is 3.93. The molecule has 1 aromatic rings. The molecule has 0 aliphatic heterocycles. The molecule has 5 heteroatoms. The topological polar surface area (TPSA) is 77.5 Å². The first kappa shape index (κ1) is 13.5. The smallest absolute Gasteiger partial charge is 0.300 e. The van der Waals surface area contributed by atoms with Crippen LogP contribution in [-0.2, 0) is 11.3 Å². The van der Waals surface area contributed by atoms with Crippen LogP contribution in [0.3, 0.4) is 0 Å². The van der Waals surface area contributed by atoms with E-state index < -0.39 is 5.91 Å². The summed E-state index contributed by atoms with van der Waals surface area (Å²) < 4.78 is 10.7. The summed E-state index contributed by atoms with van der Waals surface area (Å²) in [7, 11) is 0. The molecule has 0 spiro atoms. The minimum atomic E-state index is -0.443. The zero-order valence-electron chi connectivity index (χ0n) is 10.2. The average molecular weight is 238 g/mol. The van der Waals surface area contributed by atoms with Gasteiger partial charge < -0.3 is 9.15 Å². The van der Waals surface area contributed by atoms with E-state index in [9.17, 15) is 4.79 Å². The van der Waals surface area contributed by atoms with Gasteiger partial charge in [-0.3, -0.25) is 10.2 Å². The number of hydrogen-bond acceptors (Lipinski definition) is 4. The molecule has 0 aromatic carbocycles. The lowest BCUT2D eigenvalue weighted by Gasteiger charge is -2.02. The van der Waals surface area contributed by atoms with Crippen molar-refractivity contribution in [2.24, 2.45) is 5.84 Å². The van der Waals surface area contributed by atoms with E-state index in [1.54, 1.807) is 13.0 Å². The van der Waals surface area contributed by atoms with Crippen molar-refractivity contribution in [3.63, 3.8) is 0 Å². The predicted molar refractivity (Wildman–Crippen MR) is 64.2 cm³/mol. The molecule has 1 rings (SSSR count). The van der Waals surface area contributed by atoms with E-state index in [2.05, 4.69) is 6.58 Å². The number of aryl methyl sites for hydroxylation is 1. The van der Waals surface area contributed by atoms with Gasteiger partial charge in [-0.1, -0.05) is 5.57 Å². The highest BCUT2D eigenvalue weighted by atomic mass is 16.5. The van der Waals surface area contributed by atoms with Crippen LogP contribution in [0.25, 0.3) is 0 Å². The Hall–Kier alpha value is -1.59. The van der Waals surface area contributed by atoms with Gasteiger partial charge in [0.1, 0.15) is 5.76 Å². The molecule has 1 heterocycles. The molecule has 5 nitrogen and oxygen atoms in total. The maximum Gasteiger partial charge on any atom is 0.300 e. The summed E-state index contributed by atoms with van der Waals surface area (Å²) >= 11 is 0. The monoisotopic (exact) mass is 238 g/mol. The molecule has 0 aliphatic carbocycles. The van der Waals surface area contributed by atoms with Crippen molar-refractivity contribution in [3.05, 3.63) is 35.3 Å². The molecule has 0 saturated heterocycles. The van der Waals surface area contributed by atoms with Crippen LogP contribution < -0.4 is 11.3 Å². The van der Waals surface area contributed by atoms with Gasteiger partial charge in [0.05, 0.1) is 13.2 Å². The first-order valence-corrected chi connectivity index (χ1v) is 5.37. The van der Waals surface area contributed by atoms with Crippen molar-refractivity contribution in [2.45, 2.75) is 26.9 Å². The molecule has 0 aliphatic rings. The summed E-state index contributed by atoms with van der Waals surface area (Å²) in [5.41, 5.74) is 3.95. The third-order valence-electron chi connectivity index (χ3n) is 2.31. The number of nitrogens with one attached hydrogen (secondary N) is 1. The quantitative estimate of drug-likeness (QED) is 0.260. The average Bonchev–Trinajstić information content (AvgIpc) is 2.65. The predicted octanol–water partition coefficient (Wildman–Crippen LogP) is 1.67. The number of carbonyl (C=O) groups is 1. The van der Waals surface area contributed by atoms with E-state index in [0.717, 1.165) is 17.6 Å². The third-order valence-corrected chi connectivity index (χ3v) is 2.31. The zero-order chi connectivity index (χ0) is 12.8. The minimum absolute atomic E-state index is 0.198. The summed E-state index contributed by atoms with van der Waals surface area (Å²) in [4.78, 5) is 11.2. The minimum Gasteiger partial charge on any atom is -0.456 e. The van der Waals surface area contributed by atoms with Gasteiger partial charge in [-0.25, -0.2) is 5.84 Å². The number of rotatable bonds is 6. The Balaban J connectivity index is 2.51. The molecule has 94 valence electrons. The molecule has 0 saturated carbocycles. The molecule has 1 aromatic heterocycles. The highest BCUT2D eigenvalue weighted by Crippen LogP contribution is 2.15. The van der Waals surface area contributed by atoms with Crippen LogP contribution in [0, 0.1) is 6.92 Å². The van der Waals surface area contributed by atoms with Crippen LogP contribution in [0.15, 0.2) is 22.6 Å². The van der Waals surface area contributed by atoms with Gasteiger partial charge in [0.2, 0.25) is 0 Å². The van der Waals surface area contributed by atoms with Gasteiger partial charge in [0, 0.05) is 5.56 Å². The molecule has 3 N–H and O–H groups in total. The standard InChI is InChI=1S/C12H18N2O3/c1-8(2)4-5-16-7-10-6-11(12(15)14-13)17-9(10)3/h6H,1,4-5,7,13H2,2-3H3,(H,14,15). The highest BCUT2D eigenvalue weighted by molar-refractivity contribution is 5.91. The highest BCUT2D eigenvalue weighted by Gasteiger charge is 2.13. The first-order chi connectivity index (χ1) is 8.04. The second kappa shape index (κ2) is 6.22. The van der Waals surface area contributed by atoms with Crippen LogP contribution in [0.2, 0.25) is 0 Å². The largest absolute Gasteiger partial charge is 0.456 e. The summed E-state index contributed by atoms with van der Waals surface area (Å²) in [5, 5.41) is 0. The maximum absolute atomic E-state index is 11.2. The van der Waals surface area contributed by atoms with Gasteiger partial charge >= 0.3 is 5.91 Å². The normalized spacial score (nSPS) is 10.3. The number of hydrazine groups is 1. The maximum atomic E-state index is 11.2. The Morgan fingerprint density at radius 3 is 2.94 bits per heavy atom. The van der Waals surface area contributed by atoms with Crippen molar-refractivity contribution in [2.75, 3.05) is 6.61 Å². The number of nitrogens with two attached hydrogens (primary N) is 1. The van der Waals surface area contributed by atoms with E-state index in [0.29, 0.717) is 19.0 Å². The van der Waals surface area contributed by atoms with Crippen molar-refractivity contribution < 1.29 is 13.9 Å². The fourth-order valence-electron chi connectivity index (χ4n) is 1.27. The molecule has 0 atom stereocenters. The summed E-state index contributed by atoms with van der Waals surface area (Å²) in [6.45, 7) is 8.55. The van der Waals surface area contributed by atoms with E-state index in [1.165, 1.54) is 0 Å². The van der Waals surface area contributed by atoms with Crippen molar-refractivity contribution >= 4 is 5.91 Å². The lowest BCUT2D eigenvalue weighted by Crippen LogP contribution is -2.29. The molecule has 0 fully saturated rings. The SMILES string of the molecule is C=C(C)CCOCc1cc(C(=O)NN)oc1C. The number of amides is 1. The Morgan fingerprint density at radius 1 is 1.65 bits per heavy atom. The zero-order valence-corrected chi connectivity index (χ0v) is 10.2. The van der Waals surface area contributed by atoms with Gasteiger partial charge in [0.25, 0.3) is 0 Å². The number of carbonyl (C=O) groups excluding carboxylic acids is 1. The van der Waals surface area contributed by atoms with Crippen molar-refractivity contribution in [1.82, 2.24) is 5.43 Å². The molecule has 17 heavy (non-hydrogen) atoms. The van der Waals surface area contributed by atoms with Gasteiger partial charge in [-0.05, 0) is 26.3 Å². The summed E-state index contributed by atoms with van der Waals surface area (Å²) in [6, 6.07) is 1.64. The van der Waals surface area contributed by atoms with Crippen LogP contribution in [0.1, 0.15) is 35.2 Å². The molecule has 0 unspecified atom stereocenters. The van der Waals surface area contributed by atoms with Gasteiger partial charge in [-0.15, -0.1) is 6.58 Å². The van der Waals surface area contributed by atoms with E-state index in [1.807, 2.05) is 12.3 Å². The van der Waals surface area contributed by atoms with Crippen LogP contribution >= 0.6 is 0 Å². The van der Waals surface area contributed by atoms with Crippen LogP contribution in [-0.4, -0.2) is 12.5 Å². The molecule has 1 amide bonds. The summed E-state index contributed by atoms with van der Waals surface area (Å²) in [5.74, 6) is 5.44.